The van der Waals surface area contributed by atoms with Gasteiger partial charge in [-0.15, -0.1) is 0 Å². The summed E-state index contributed by atoms with van der Waals surface area (Å²) in [4.78, 5) is 42.1. The summed E-state index contributed by atoms with van der Waals surface area (Å²) in [6, 6.07) is -0.0954. The summed E-state index contributed by atoms with van der Waals surface area (Å²) in [7, 11) is 0. The van der Waals surface area contributed by atoms with E-state index in [1.165, 1.54) is 16.4 Å². The number of nitrogens with zero attached hydrogens (tertiary/aromatic N) is 2. The zero-order valence-electron chi connectivity index (χ0n) is 25.8. The minimum absolute atomic E-state index is 0.0341. The predicted molar refractivity (Wildman–Crippen MR) is 158 cm³/mol. The van der Waals surface area contributed by atoms with Crippen molar-refractivity contribution in [3.05, 3.63) is 0 Å². The van der Waals surface area contributed by atoms with Crippen molar-refractivity contribution in [3.8, 4) is 0 Å². The predicted octanol–water partition coefficient (Wildman–Crippen LogP) is 3.69. The molecule has 3 aliphatic carbocycles. The Hall–Kier alpha value is -1.79. The van der Waals surface area contributed by atoms with E-state index in [1.54, 1.807) is 0 Å². The fraction of sp³-hybridized carbons (Fsp3) is 0.900. The van der Waals surface area contributed by atoms with E-state index in [1.807, 2.05) is 20.8 Å². The number of ether oxygens (including phenoxy) is 1. The number of ketones is 1. The monoisotopic (exact) mass is 580 g/mol. The molecule has 11 nitrogen and oxygen atoms in total. The molecule has 3 fully saturated rings. The van der Waals surface area contributed by atoms with Gasteiger partial charge in [-0.1, -0.05) is 26.7 Å². The highest BCUT2D eigenvalue weighted by atomic mass is 16.7. The van der Waals surface area contributed by atoms with E-state index in [-0.39, 0.29) is 48.4 Å². The van der Waals surface area contributed by atoms with E-state index >= 15 is 0 Å². The number of hydrogen-bond donors (Lipinski definition) is 4. The summed E-state index contributed by atoms with van der Waals surface area (Å²) in [6.45, 7) is 8.54. The lowest BCUT2D eigenvalue weighted by atomic mass is 9.79. The Labute approximate surface area is 246 Å². The topological polar surface area (TPSA) is 166 Å². The SMILES string of the molecule is CC1CCCCC1N(N)C(=O)N(N)C1CCC(CC(=O)C(C)(C)NC2CCCC(OC[C@@H](C)CC(=O)ON)C2)CC1. The number of amides is 2. The molecule has 0 bridgehead atoms. The molecule has 0 heterocycles. The zero-order valence-corrected chi connectivity index (χ0v) is 25.8. The highest BCUT2D eigenvalue weighted by Gasteiger charge is 2.37. The molecule has 3 saturated carbocycles. The van der Waals surface area contributed by atoms with Gasteiger partial charge in [0.05, 0.1) is 30.7 Å². The van der Waals surface area contributed by atoms with Gasteiger partial charge in [-0.25, -0.2) is 16.5 Å². The maximum absolute atomic E-state index is 13.4. The molecule has 2 amide bonds. The van der Waals surface area contributed by atoms with Crippen LogP contribution in [0.4, 0.5) is 4.79 Å². The summed E-state index contributed by atoms with van der Waals surface area (Å²) >= 11 is 0. The maximum Gasteiger partial charge on any atom is 0.348 e. The summed E-state index contributed by atoms with van der Waals surface area (Å²) in [5, 5.41) is 6.33. The Balaban J connectivity index is 1.41. The first-order valence-corrected chi connectivity index (χ1v) is 15.8. The van der Waals surface area contributed by atoms with Crippen molar-refractivity contribution in [3.63, 3.8) is 0 Å². The first kappa shape index (κ1) is 33.7. The van der Waals surface area contributed by atoms with E-state index in [9.17, 15) is 14.4 Å². The number of carbonyl (C=O) groups is 3. The Kier molecular flexibility index (Phi) is 12.8. The normalized spacial score (nSPS) is 29.8. The average Bonchev–Trinajstić information content (AvgIpc) is 2.95. The van der Waals surface area contributed by atoms with Crippen molar-refractivity contribution in [1.82, 2.24) is 15.3 Å². The fourth-order valence-corrected chi connectivity index (χ4v) is 7.00. The van der Waals surface area contributed by atoms with Gasteiger partial charge in [0.2, 0.25) is 0 Å². The lowest BCUT2D eigenvalue weighted by Gasteiger charge is -2.40. The highest BCUT2D eigenvalue weighted by molar-refractivity contribution is 5.87. The van der Waals surface area contributed by atoms with E-state index in [0.717, 1.165) is 70.6 Å². The van der Waals surface area contributed by atoms with Crippen LogP contribution >= 0.6 is 0 Å². The van der Waals surface area contributed by atoms with Crippen LogP contribution in [-0.2, 0) is 19.2 Å². The standard InChI is InChI=1S/C30H56N6O5/c1-20(16-28(38)41-33)19-40-25-10-7-9-23(18-25)34-30(3,4)27(37)17-22-12-14-24(15-13-22)35(31)29(39)36(32)26-11-6-5-8-21(26)2/h20-26,34H,5-19,31-33H2,1-4H3/t20-,21?,22?,23?,24?,25?,26?/m0/s1. The molecule has 0 radical (unpaired) electrons. The molecule has 3 rings (SSSR count). The Morgan fingerprint density at radius 2 is 1.63 bits per heavy atom. The van der Waals surface area contributed by atoms with Gasteiger partial charge in [-0.2, -0.15) is 5.90 Å². The molecule has 7 N–H and O–H groups in total. The molecule has 0 aliphatic heterocycles. The number of nitrogens with one attached hydrogen (secondary N) is 1. The van der Waals surface area contributed by atoms with Gasteiger partial charge < -0.3 is 14.9 Å². The lowest BCUT2D eigenvalue weighted by Crippen LogP contribution is -2.59. The highest BCUT2D eigenvalue weighted by Crippen LogP contribution is 2.32. The number of nitrogens with two attached hydrogens (primary N) is 3. The van der Waals surface area contributed by atoms with E-state index in [2.05, 4.69) is 17.1 Å². The second kappa shape index (κ2) is 15.6. The van der Waals surface area contributed by atoms with Crippen LogP contribution in [0.5, 0.6) is 0 Å². The molecule has 0 aromatic rings. The molecule has 0 aromatic carbocycles. The Morgan fingerprint density at radius 1 is 0.951 bits per heavy atom. The van der Waals surface area contributed by atoms with Crippen LogP contribution in [0.1, 0.15) is 118 Å². The average molecular weight is 581 g/mol. The zero-order chi connectivity index (χ0) is 30.2. The van der Waals surface area contributed by atoms with Crippen molar-refractivity contribution < 1.29 is 24.0 Å². The van der Waals surface area contributed by atoms with Gasteiger partial charge in [-0.05, 0) is 95.8 Å². The molecule has 0 spiro atoms. The van der Waals surface area contributed by atoms with Crippen LogP contribution in [0.15, 0.2) is 0 Å². The van der Waals surface area contributed by atoms with Crippen LogP contribution in [0.25, 0.3) is 0 Å². The van der Waals surface area contributed by atoms with E-state index < -0.39 is 11.5 Å². The van der Waals surface area contributed by atoms with Crippen molar-refractivity contribution in [2.45, 2.75) is 147 Å². The third kappa shape index (κ3) is 9.88. The molecule has 0 aromatic heterocycles. The van der Waals surface area contributed by atoms with E-state index in [4.69, 9.17) is 22.3 Å². The maximum atomic E-state index is 13.4. The van der Waals surface area contributed by atoms with Crippen molar-refractivity contribution in [2.75, 3.05) is 6.61 Å². The molecule has 4 unspecified atom stereocenters. The summed E-state index contributed by atoms with van der Waals surface area (Å²) in [5.74, 6) is 18.0. The van der Waals surface area contributed by atoms with Crippen LogP contribution < -0.4 is 22.9 Å². The second-order valence-electron chi connectivity index (χ2n) is 13.6. The smallest absolute Gasteiger partial charge is 0.348 e. The van der Waals surface area contributed by atoms with Crippen molar-refractivity contribution in [1.29, 1.82) is 0 Å². The van der Waals surface area contributed by atoms with Crippen LogP contribution in [0.2, 0.25) is 0 Å². The number of hydrogen-bond acceptors (Lipinski definition) is 9. The lowest BCUT2D eigenvalue weighted by molar-refractivity contribution is -0.146. The first-order valence-electron chi connectivity index (χ1n) is 15.8. The molecule has 5 atom stereocenters. The van der Waals surface area contributed by atoms with Gasteiger partial charge >= 0.3 is 12.0 Å². The summed E-state index contributed by atoms with van der Waals surface area (Å²) in [5.41, 5.74) is -0.631. The van der Waals surface area contributed by atoms with Gasteiger partial charge in [0.25, 0.3) is 0 Å². The molecular weight excluding hydrogens is 524 g/mol. The number of urea groups is 1. The Morgan fingerprint density at radius 3 is 2.29 bits per heavy atom. The number of Topliss-reactive ketones (excluding diaryl/α,β-unsaturated/α-hetero) is 1. The second-order valence-corrected chi connectivity index (χ2v) is 13.6. The molecular formula is C30H56N6O5. The molecule has 11 heteroatoms. The summed E-state index contributed by atoms with van der Waals surface area (Å²) < 4.78 is 6.09. The minimum atomic E-state index is -0.631. The van der Waals surface area contributed by atoms with Crippen LogP contribution in [0, 0.1) is 17.8 Å². The fourth-order valence-electron chi connectivity index (χ4n) is 7.00. The molecule has 236 valence electrons. The third-order valence-corrected chi connectivity index (χ3v) is 9.70. The van der Waals surface area contributed by atoms with Crippen molar-refractivity contribution in [2.24, 2.45) is 35.3 Å². The third-order valence-electron chi connectivity index (χ3n) is 9.70. The first-order chi connectivity index (χ1) is 19.4. The van der Waals surface area contributed by atoms with Gasteiger partial charge in [0, 0.05) is 18.5 Å². The van der Waals surface area contributed by atoms with Crippen molar-refractivity contribution >= 4 is 17.8 Å². The molecule has 0 saturated heterocycles. The quantitative estimate of drug-likeness (QED) is 0.153. The van der Waals surface area contributed by atoms with Gasteiger partial charge in [0.15, 0.2) is 5.78 Å². The van der Waals surface area contributed by atoms with Gasteiger partial charge in [-0.3, -0.25) is 19.6 Å². The molecule has 3 aliphatic rings. The largest absolute Gasteiger partial charge is 0.378 e. The summed E-state index contributed by atoms with van der Waals surface area (Å²) in [6.07, 6.45) is 12.3. The van der Waals surface area contributed by atoms with Crippen LogP contribution in [-0.4, -0.2) is 64.2 Å². The van der Waals surface area contributed by atoms with Gasteiger partial charge in [0.1, 0.15) is 0 Å². The Bertz CT molecular complexity index is 864. The minimum Gasteiger partial charge on any atom is -0.378 e. The number of hydrazine groups is 2. The number of rotatable bonds is 12. The van der Waals surface area contributed by atoms with E-state index in [0.29, 0.717) is 24.9 Å². The molecule has 41 heavy (non-hydrogen) atoms. The number of carbonyl (C=O) groups excluding carboxylic acids is 3. The van der Waals surface area contributed by atoms with Crippen LogP contribution in [0.3, 0.4) is 0 Å².